The molecule has 0 saturated carbocycles. The summed E-state index contributed by atoms with van der Waals surface area (Å²) >= 11 is 5.34. The predicted molar refractivity (Wildman–Crippen MR) is 90.9 cm³/mol. The number of para-hydroxylation sites is 1. The van der Waals surface area contributed by atoms with E-state index >= 15 is 0 Å². The summed E-state index contributed by atoms with van der Waals surface area (Å²) in [6, 6.07) is 18.5. The molecule has 0 fully saturated rings. The highest BCUT2D eigenvalue weighted by atomic mass is 32.1. The van der Waals surface area contributed by atoms with E-state index < -0.39 is 0 Å². The third kappa shape index (κ3) is 4.07. The molecule has 0 aliphatic carbocycles. The highest BCUT2D eigenvalue weighted by Gasteiger charge is 2.05. The van der Waals surface area contributed by atoms with Crippen LogP contribution in [-0.2, 0) is 0 Å². The van der Waals surface area contributed by atoms with Crippen LogP contribution in [0, 0.1) is 5.92 Å². The van der Waals surface area contributed by atoms with E-state index in [2.05, 4.69) is 42.7 Å². The molecular formula is C17H20N2S. The molecule has 20 heavy (non-hydrogen) atoms. The summed E-state index contributed by atoms with van der Waals surface area (Å²) in [5.74, 6) is 0.569. The first-order valence-electron chi connectivity index (χ1n) is 6.86. The zero-order valence-electron chi connectivity index (χ0n) is 11.9. The number of hydrogen-bond donors (Lipinski definition) is 2. The van der Waals surface area contributed by atoms with Gasteiger partial charge in [-0.25, -0.2) is 0 Å². The van der Waals surface area contributed by atoms with Gasteiger partial charge in [-0.3, -0.25) is 0 Å². The average molecular weight is 284 g/mol. The van der Waals surface area contributed by atoms with E-state index in [0.717, 1.165) is 17.8 Å². The van der Waals surface area contributed by atoms with Crippen LogP contribution in [0.4, 0.5) is 5.69 Å². The Bertz CT molecular complexity index is 564. The fourth-order valence-electron chi connectivity index (χ4n) is 1.92. The van der Waals surface area contributed by atoms with Crippen LogP contribution in [0.15, 0.2) is 54.6 Å². The van der Waals surface area contributed by atoms with E-state index in [-0.39, 0.29) is 0 Å². The van der Waals surface area contributed by atoms with Gasteiger partial charge in [0.2, 0.25) is 0 Å². The molecule has 0 saturated heterocycles. The van der Waals surface area contributed by atoms with Crippen molar-refractivity contribution >= 4 is 23.0 Å². The minimum atomic E-state index is 0.569. The lowest BCUT2D eigenvalue weighted by Crippen LogP contribution is -2.31. The summed E-state index contributed by atoms with van der Waals surface area (Å²) in [5, 5.41) is 7.18. The third-order valence-electron chi connectivity index (χ3n) is 2.93. The maximum atomic E-state index is 5.34. The zero-order chi connectivity index (χ0) is 14.4. The monoisotopic (exact) mass is 284 g/mol. The van der Waals surface area contributed by atoms with Crippen molar-refractivity contribution < 1.29 is 0 Å². The lowest BCUT2D eigenvalue weighted by atomic mass is 10.0. The van der Waals surface area contributed by atoms with E-state index in [1.807, 2.05) is 36.4 Å². The van der Waals surface area contributed by atoms with Gasteiger partial charge >= 0.3 is 0 Å². The lowest BCUT2D eigenvalue weighted by molar-refractivity contribution is 0.627. The summed E-state index contributed by atoms with van der Waals surface area (Å²) in [7, 11) is 0. The van der Waals surface area contributed by atoms with E-state index in [4.69, 9.17) is 12.2 Å². The van der Waals surface area contributed by atoms with E-state index in [9.17, 15) is 0 Å². The highest BCUT2D eigenvalue weighted by molar-refractivity contribution is 7.80. The Hall–Kier alpha value is -1.87. The first-order valence-corrected chi connectivity index (χ1v) is 7.27. The Morgan fingerprint density at radius 2 is 1.65 bits per heavy atom. The van der Waals surface area contributed by atoms with Crippen molar-refractivity contribution in [3.63, 3.8) is 0 Å². The van der Waals surface area contributed by atoms with Gasteiger partial charge in [-0.05, 0) is 29.8 Å². The number of benzene rings is 2. The predicted octanol–water partition coefficient (Wildman–Crippen LogP) is 4.30. The van der Waals surface area contributed by atoms with Gasteiger partial charge in [-0.15, -0.1) is 0 Å². The first kappa shape index (κ1) is 14.5. The second-order valence-electron chi connectivity index (χ2n) is 5.14. The second-order valence-corrected chi connectivity index (χ2v) is 5.55. The SMILES string of the molecule is CC(C)CNC(=S)Nc1ccccc1-c1ccccc1. The minimum absolute atomic E-state index is 0.569. The van der Waals surface area contributed by atoms with Crippen molar-refractivity contribution in [2.45, 2.75) is 13.8 Å². The van der Waals surface area contributed by atoms with Crippen LogP contribution < -0.4 is 10.6 Å². The van der Waals surface area contributed by atoms with Gasteiger partial charge in [0, 0.05) is 17.8 Å². The van der Waals surface area contributed by atoms with Gasteiger partial charge in [-0.1, -0.05) is 62.4 Å². The van der Waals surface area contributed by atoms with Crippen molar-refractivity contribution in [3.05, 3.63) is 54.6 Å². The number of rotatable bonds is 4. The van der Waals surface area contributed by atoms with Gasteiger partial charge in [0.1, 0.15) is 0 Å². The number of thiocarbonyl (C=S) groups is 1. The molecule has 2 aromatic carbocycles. The first-order chi connectivity index (χ1) is 9.66. The van der Waals surface area contributed by atoms with Gasteiger partial charge < -0.3 is 10.6 Å². The lowest BCUT2D eigenvalue weighted by Gasteiger charge is -2.15. The van der Waals surface area contributed by atoms with Crippen molar-refractivity contribution in [3.8, 4) is 11.1 Å². The average Bonchev–Trinajstić information content (AvgIpc) is 2.47. The van der Waals surface area contributed by atoms with E-state index in [1.165, 1.54) is 5.56 Å². The molecule has 2 rings (SSSR count). The maximum absolute atomic E-state index is 5.34. The van der Waals surface area contributed by atoms with Crippen LogP contribution in [-0.4, -0.2) is 11.7 Å². The largest absolute Gasteiger partial charge is 0.362 e. The molecule has 0 atom stereocenters. The van der Waals surface area contributed by atoms with Crippen molar-refractivity contribution in [2.24, 2.45) is 5.92 Å². The quantitative estimate of drug-likeness (QED) is 0.819. The van der Waals surface area contributed by atoms with Crippen LogP contribution in [0.5, 0.6) is 0 Å². The van der Waals surface area contributed by atoms with Gasteiger partial charge in [0.15, 0.2) is 5.11 Å². The maximum Gasteiger partial charge on any atom is 0.170 e. The molecule has 0 amide bonds. The van der Waals surface area contributed by atoms with E-state index in [0.29, 0.717) is 11.0 Å². The fraction of sp³-hybridized carbons (Fsp3) is 0.235. The van der Waals surface area contributed by atoms with Crippen molar-refractivity contribution in [1.29, 1.82) is 0 Å². The standard InChI is InChI=1S/C17H20N2S/c1-13(2)12-18-17(20)19-16-11-7-6-10-15(16)14-8-4-3-5-9-14/h3-11,13H,12H2,1-2H3,(H2,18,19,20). The number of hydrogen-bond acceptors (Lipinski definition) is 1. The van der Waals surface area contributed by atoms with Crippen LogP contribution in [0.1, 0.15) is 13.8 Å². The molecule has 0 aromatic heterocycles. The van der Waals surface area contributed by atoms with Crippen LogP contribution in [0.25, 0.3) is 11.1 Å². The number of anilines is 1. The molecule has 104 valence electrons. The van der Waals surface area contributed by atoms with Crippen LogP contribution in [0.2, 0.25) is 0 Å². The summed E-state index contributed by atoms with van der Waals surface area (Å²) in [5.41, 5.74) is 3.36. The summed E-state index contributed by atoms with van der Waals surface area (Å²) in [4.78, 5) is 0. The minimum Gasteiger partial charge on any atom is -0.362 e. The molecule has 0 aliphatic rings. The Morgan fingerprint density at radius 3 is 2.35 bits per heavy atom. The molecule has 0 unspecified atom stereocenters. The summed E-state index contributed by atoms with van der Waals surface area (Å²) in [6.45, 7) is 5.19. The van der Waals surface area contributed by atoms with Crippen LogP contribution in [0.3, 0.4) is 0 Å². The fourth-order valence-corrected chi connectivity index (χ4v) is 2.12. The van der Waals surface area contributed by atoms with Crippen molar-refractivity contribution in [2.75, 3.05) is 11.9 Å². The molecular weight excluding hydrogens is 264 g/mol. The van der Waals surface area contributed by atoms with Gasteiger partial charge in [0.25, 0.3) is 0 Å². The molecule has 0 aliphatic heterocycles. The Morgan fingerprint density at radius 1 is 1.00 bits per heavy atom. The molecule has 2 N–H and O–H groups in total. The molecule has 0 spiro atoms. The number of nitrogens with one attached hydrogen (secondary N) is 2. The normalized spacial score (nSPS) is 10.3. The zero-order valence-corrected chi connectivity index (χ0v) is 12.7. The molecule has 2 aromatic rings. The Balaban J connectivity index is 2.15. The highest BCUT2D eigenvalue weighted by Crippen LogP contribution is 2.27. The molecule has 3 heteroatoms. The summed E-state index contributed by atoms with van der Waals surface area (Å²) in [6.07, 6.45) is 0. The third-order valence-corrected chi connectivity index (χ3v) is 3.18. The molecule has 0 heterocycles. The Kier molecular flexibility index (Phi) is 5.13. The Labute approximate surface area is 126 Å². The van der Waals surface area contributed by atoms with Crippen LogP contribution >= 0.6 is 12.2 Å². The molecule has 0 bridgehead atoms. The smallest absolute Gasteiger partial charge is 0.170 e. The van der Waals surface area contributed by atoms with Crippen molar-refractivity contribution in [1.82, 2.24) is 5.32 Å². The molecule has 2 nitrogen and oxygen atoms in total. The second kappa shape index (κ2) is 7.06. The van der Waals surface area contributed by atoms with E-state index in [1.54, 1.807) is 0 Å². The summed E-state index contributed by atoms with van der Waals surface area (Å²) < 4.78 is 0. The molecule has 0 radical (unpaired) electrons. The topological polar surface area (TPSA) is 24.1 Å². The van der Waals surface area contributed by atoms with Gasteiger partial charge in [0.05, 0.1) is 0 Å². The van der Waals surface area contributed by atoms with Gasteiger partial charge in [-0.2, -0.15) is 0 Å².